The van der Waals surface area contributed by atoms with Crippen LogP contribution in [0.25, 0.3) is 0 Å². The molecule has 1 rings (SSSR count). The molecule has 0 amide bonds. The molecule has 1 aromatic rings. The van der Waals surface area contributed by atoms with E-state index in [0.29, 0.717) is 6.04 Å². The number of nitrogens with one attached hydrogen (secondary N) is 1. The molecule has 0 fully saturated rings. The lowest BCUT2D eigenvalue weighted by Crippen LogP contribution is -2.47. The fraction of sp³-hybridized carbons (Fsp3) is 0.562. The van der Waals surface area contributed by atoms with Crippen molar-refractivity contribution >= 4 is 5.69 Å². The van der Waals surface area contributed by atoms with Gasteiger partial charge in [0.2, 0.25) is 0 Å². The van der Waals surface area contributed by atoms with E-state index in [1.165, 1.54) is 5.69 Å². The van der Waals surface area contributed by atoms with Crippen LogP contribution in [-0.4, -0.2) is 24.7 Å². The monoisotopic (exact) mass is 259 g/mol. The van der Waals surface area contributed by atoms with E-state index >= 15 is 0 Å². The first-order valence-corrected chi connectivity index (χ1v) is 6.99. The number of benzene rings is 1. The summed E-state index contributed by atoms with van der Waals surface area (Å²) in [6, 6.07) is 13.1. The third kappa shape index (κ3) is 4.92. The van der Waals surface area contributed by atoms with Crippen LogP contribution in [-0.2, 0) is 0 Å². The Balaban J connectivity index is 2.65. The normalized spacial score (nSPS) is 13.9. The maximum atomic E-state index is 9.36. The van der Waals surface area contributed by atoms with Crippen molar-refractivity contribution in [3.63, 3.8) is 0 Å². The van der Waals surface area contributed by atoms with E-state index < -0.39 is 5.54 Å². The molecule has 0 saturated carbocycles. The molecule has 1 aromatic carbocycles. The van der Waals surface area contributed by atoms with Gasteiger partial charge >= 0.3 is 0 Å². The van der Waals surface area contributed by atoms with Gasteiger partial charge in [0.25, 0.3) is 0 Å². The maximum Gasteiger partial charge on any atom is 0.105 e. The van der Waals surface area contributed by atoms with Gasteiger partial charge in [-0.3, -0.25) is 5.32 Å². The second-order valence-electron chi connectivity index (χ2n) is 5.41. The van der Waals surface area contributed by atoms with Gasteiger partial charge in [-0.25, -0.2) is 0 Å². The molecule has 104 valence electrons. The number of anilines is 1. The van der Waals surface area contributed by atoms with E-state index in [9.17, 15) is 5.26 Å². The highest BCUT2D eigenvalue weighted by molar-refractivity contribution is 5.45. The molecule has 0 bridgehead atoms. The zero-order valence-electron chi connectivity index (χ0n) is 12.5. The summed E-state index contributed by atoms with van der Waals surface area (Å²) in [5.74, 6) is 0. The van der Waals surface area contributed by atoms with Gasteiger partial charge in [0.05, 0.1) is 6.07 Å². The summed E-state index contributed by atoms with van der Waals surface area (Å²) < 4.78 is 0. The molecule has 0 aliphatic rings. The number of rotatable bonds is 7. The number of hydrogen-bond acceptors (Lipinski definition) is 3. The van der Waals surface area contributed by atoms with Crippen molar-refractivity contribution in [3.8, 4) is 6.07 Å². The minimum atomic E-state index is -0.462. The first kappa shape index (κ1) is 15.5. The predicted molar refractivity (Wildman–Crippen MR) is 81.2 cm³/mol. The summed E-state index contributed by atoms with van der Waals surface area (Å²) in [6.45, 7) is 10.1. The first-order chi connectivity index (χ1) is 9.00. The van der Waals surface area contributed by atoms with Gasteiger partial charge in [0, 0.05) is 24.8 Å². The zero-order chi connectivity index (χ0) is 14.3. The SMILES string of the molecule is CCN(CCC(C)(C#N)NC(C)C)c1ccccc1. The van der Waals surface area contributed by atoms with E-state index in [-0.39, 0.29) is 0 Å². The van der Waals surface area contributed by atoms with Gasteiger partial charge in [-0.2, -0.15) is 5.26 Å². The lowest BCUT2D eigenvalue weighted by atomic mass is 9.98. The number of nitriles is 1. The van der Waals surface area contributed by atoms with E-state index in [2.05, 4.69) is 49.2 Å². The van der Waals surface area contributed by atoms with Crippen LogP contribution >= 0.6 is 0 Å². The Bertz CT molecular complexity index is 408. The Morgan fingerprint density at radius 3 is 2.42 bits per heavy atom. The Hall–Kier alpha value is -1.53. The summed E-state index contributed by atoms with van der Waals surface area (Å²) in [5.41, 5.74) is 0.756. The average Bonchev–Trinajstić information content (AvgIpc) is 2.40. The molecule has 0 radical (unpaired) electrons. The zero-order valence-corrected chi connectivity index (χ0v) is 12.5. The quantitative estimate of drug-likeness (QED) is 0.817. The smallest absolute Gasteiger partial charge is 0.105 e. The highest BCUT2D eigenvalue weighted by Crippen LogP contribution is 2.17. The van der Waals surface area contributed by atoms with Crippen LogP contribution in [0.15, 0.2) is 30.3 Å². The molecular formula is C16H25N3. The van der Waals surface area contributed by atoms with Gasteiger partial charge < -0.3 is 4.90 Å². The molecule has 0 saturated heterocycles. The van der Waals surface area contributed by atoms with E-state index in [1.807, 2.05) is 25.1 Å². The number of para-hydroxylation sites is 1. The van der Waals surface area contributed by atoms with Crippen LogP contribution in [0.3, 0.4) is 0 Å². The standard InChI is InChI=1S/C16H25N3/c1-5-19(15-9-7-6-8-10-15)12-11-16(4,13-17)18-14(2)3/h6-10,14,18H,5,11-12H2,1-4H3. The molecule has 1 atom stereocenters. The van der Waals surface area contributed by atoms with Crippen LogP contribution in [0.1, 0.15) is 34.1 Å². The Morgan fingerprint density at radius 1 is 1.32 bits per heavy atom. The molecule has 0 aliphatic carbocycles. The van der Waals surface area contributed by atoms with Crippen molar-refractivity contribution < 1.29 is 0 Å². The molecule has 0 aromatic heterocycles. The van der Waals surface area contributed by atoms with Crippen LogP contribution in [0, 0.1) is 11.3 Å². The van der Waals surface area contributed by atoms with Crippen LogP contribution in [0.2, 0.25) is 0 Å². The van der Waals surface area contributed by atoms with Gasteiger partial charge in [0.15, 0.2) is 0 Å². The van der Waals surface area contributed by atoms with Crippen molar-refractivity contribution in [2.75, 3.05) is 18.0 Å². The number of nitrogens with zero attached hydrogens (tertiary/aromatic N) is 2. The fourth-order valence-corrected chi connectivity index (χ4v) is 2.26. The second kappa shape index (κ2) is 7.16. The molecule has 19 heavy (non-hydrogen) atoms. The molecule has 3 nitrogen and oxygen atoms in total. The van der Waals surface area contributed by atoms with E-state index in [1.54, 1.807) is 0 Å². The minimum absolute atomic E-state index is 0.316. The summed E-state index contributed by atoms with van der Waals surface area (Å²) in [7, 11) is 0. The van der Waals surface area contributed by atoms with Gasteiger partial charge in [0.1, 0.15) is 5.54 Å². The average molecular weight is 259 g/mol. The van der Waals surface area contributed by atoms with Crippen molar-refractivity contribution in [2.45, 2.75) is 45.7 Å². The van der Waals surface area contributed by atoms with Gasteiger partial charge in [-0.15, -0.1) is 0 Å². The highest BCUT2D eigenvalue weighted by atomic mass is 15.1. The molecule has 0 spiro atoms. The third-order valence-corrected chi connectivity index (χ3v) is 3.24. The maximum absolute atomic E-state index is 9.36. The molecular weight excluding hydrogens is 234 g/mol. The van der Waals surface area contributed by atoms with E-state index in [4.69, 9.17) is 0 Å². The van der Waals surface area contributed by atoms with Gasteiger partial charge in [-0.05, 0) is 46.2 Å². The van der Waals surface area contributed by atoms with Gasteiger partial charge in [-0.1, -0.05) is 18.2 Å². The molecule has 1 unspecified atom stereocenters. The molecule has 1 N–H and O–H groups in total. The summed E-state index contributed by atoms with van der Waals surface area (Å²) >= 11 is 0. The van der Waals surface area contributed by atoms with Crippen molar-refractivity contribution in [2.24, 2.45) is 0 Å². The lowest BCUT2D eigenvalue weighted by molar-refractivity contribution is 0.383. The number of hydrogen-bond donors (Lipinski definition) is 1. The Morgan fingerprint density at radius 2 is 1.95 bits per heavy atom. The van der Waals surface area contributed by atoms with E-state index in [0.717, 1.165) is 19.5 Å². The Kier molecular flexibility index (Phi) is 5.85. The van der Waals surface area contributed by atoms with Crippen LogP contribution in [0.5, 0.6) is 0 Å². The first-order valence-electron chi connectivity index (χ1n) is 6.99. The largest absolute Gasteiger partial charge is 0.372 e. The third-order valence-electron chi connectivity index (χ3n) is 3.24. The fourth-order valence-electron chi connectivity index (χ4n) is 2.26. The molecule has 0 aliphatic heterocycles. The summed E-state index contributed by atoms with van der Waals surface area (Å²) in [5, 5.41) is 12.7. The summed E-state index contributed by atoms with van der Waals surface area (Å²) in [4.78, 5) is 2.30. The molecule has 0 heterocycles. The Labute approximate surface area is 117 Å². The van der Waals surface area contributed by atoms with Crippen molar-refractivity contribution in [1.29, 1.82) is 5.26 Å². The highest BCUT2D eigenvalue weighted by Gasteiger charge is 2.24. The van der Waals surface area contributed by atoms with Crippen LogP contribution < -0.4 is 10.2 Å². The lowest BCUT2D eigenvalue weighted by Gasteiger charge is -2.30. The predicted octanol–water partition coefficient (Wildman–Crippen LogP) is 3.18. The summed E-state index contributed by atoms with van der Waals surface area (Å²) in [6.07, 6.45) is 0.810. The van der Waals surface area contributed by atoms with Crippen molar-refractivity contribution in [3.05, 3.63) is 30.3 Å². The molecule has 3 heteroatoms. The topological polar surface area (TPSA) is 39.1 Å². The second-order valence-corrected chi connectivity index (χ2v) is 5.41. The minimum Gasteiger partial charge on any atom is -0.372 e. The van der Waals surface area contributed by atoms with Crippen molar-refractivity contribution in [1.82, 2.24) is 5.32 Å². The van der Waals surface area contributed by atoms with Crippen LogP contribution in [0.4, 0.5) is 5.69 Å².